The van der Waals surface area contributed by atoms with Crippen LogP contribution in [0.25, 0.3) is 0 Å². The zero-order valence-electron chi connectivity index (χ0n) is 11.8. The Bertz CT molecular complexity index is 471. The molecule has 106 valence electrons. The first-order valence-corrected chi connectivity index (χ1v) is 6.98. The van der Waals surface area contributed by atoms with Gasteiger partial charge in [0, 0.05) is 12.0 Å². The molecule has 0 saturated carbocycles. The molecule has 0 amide bonds. The third-order valence-electron chi connectivity index (χ3n) is 3.43. The summed E-state index contributed by atoms with van der Waals surface area (Å²) < 4.78 is 25.2. The zero-order chi connectivity index (χ0) is 14.3. The molecular formula is C15H20ClFO2. The number of ether oxygens (including phenoxy) is 2. The largest absolute Gasteiger partial charge is 0.487 e. The molecule has 19 heavy (non-hydrogen) atoms. The van der Waals surface area contributed by atoms with Crippen LogP contribution in [-0.2, 0) is 10.6 Å². The summed E-state index contributed by atoms with van der Waals surface area (Å²) in [7, 11) is 0. The maximum Gasteiger partial charge on any atom is 0.130 e. The molecule has 1 aliphatic rings. The maximum absolute atomic E-state index is 13.2. The second kappa shape index (κ2) is 4.95. The first-order chi connectivity index (χ1) is 8.73. The molecule has 0 aliphatic carbocycles. The van der Waals surface area contributed by atoms with Gasteiger partial charge in [-0.3, -0.25) is 0 Å². The number of halogens is 2. The predicted octanol–water partition coefficient (Wildman–Crippen LogP) is 4.29. The van der Waals surface area contributed by atoms with E-state index in [9.17, 15) is 4.39 Å². The third-order valence-corrected chi connectivity index (χ3v) is 3.72. The van der Waals surface area contributed by atoms with Crippen molar-refractivity contribution in [2.45, 2.75) is 57.3 Å². The Kier molecular flexibility index (Phi) is 3.80. The number of hydrogen-bond donors (Lipinski definition) is 0. The predicted molar refractivity (Wildman–Crippen MR) is 74.2 cm³/mol. The molecule has 0 N–H and O–H groups in total. The van der Waals surface area contributed by atoms with E-state index in [0.29, 0.717) is 11.3 Å². The molecule has 0 aromatic heterocycles. The lowest BCUT2D eigenvalue weighted by Gasteiger charge is -2.28. The van der Waals surface area contributed by atoms with E-state index in [1.807, 2.05) is 27.7 Å². The van der Waals surface area contributed by atoms with Crippen LogP contribution in [0.15, 0.2) is 18.2 Å². The Morgan fingerprint density at radius 1 is 1.37 bits per heavy atom. The highest BCUT2D eigenvalue weighted by Gasteiger charge is 2.47. The fraction of sp³-hybridized carbons (Fsp3) is 0.600. The van der Waals surface area contributed by atoms with Crippen LogP contribution in [0, 0.1) is 5.82 Å². The van der Waals surface area contributed by atoms with Crippen molar-refractivity contribution in [3.05, 3.63) is 29.6 Å². The van der Waals surface area contributed by atoms with E-state index in [1.54, 1.807) is 6.07 Å². The molecule has 2 rings (SSSR count). The van der Waals surface area contributed by atoms with Crippen molar-refractivity contribution < 1.29 is 13.9 Å². The number of rotatable bonds is 3. The van der Waals surface area contributed by atoms with E-state index >= 15 is 0 Å². The van der Waals surface area contributed by atoms with Gasteiger partial charge in [0.15, 0.2) is 0 Å². The Labute approximate surface area is 118 Å². The molecule has 1 atom stereocenters. The highest BCUT2D eigenvalue weighted by Crippen LogP contribution is 2.40. The van der Waals surface area contributed by atoms with Gasteiger partial charge in [0.2, 0.25) is 0 Å². The third kappa shape index (κ3) is 3.21. The second-order valence-electron chi connectivity index (χ2n) is 6.16. The average Bonchev–Trinajstić information content (AvgIpc) is 2.49. The zero-order valence-corrected chi connectivity index (χ0v) is 12.6. The Hall–Kier alpha value is -0.800. The Morgan fingerprint density at radius 3 is 2.58 bits per heavy atom. The van der Waals surface area contributed by atoms with Crippen LogP contribution in [0.1, 0.15) is 39.7 Å². The normalized spacial score (nSPS) is 24.4. The van der Waals surface area contributed by atoms with Crippen LogP contribution in [0.3, 0.4) is 0 Å². The minimum atomic E-state index is -0.374. The smallest absolute Gasteiger partial charge is 0.130 e. The number of hydrogen-bond acceptors (Lipinski definition) is 2. The summed E-state index contributed by atoms with van der Waals surface area (Å²) in [5.74, 6) is 0.561. The lowest BCUT2D eigenvalue weighted by Crippen LogP contribution is -2.36. The van der Waals surface area contributed by atoms with Crippen LogP contribution in [0.5, 0.6) is 5.75 Å². The minimum absolute atomic E-state index is 0.0741. The molecule has 1 fully saturated rings. The van der Waals surface area contributed by atoms with Gasteiger partial charge in [-0.05, 0) is 45.9 Å². The first-order valence-electron chi connectivity index (χ1n) is 6.45. The van der Waals surface area contributed by atoms with Crippen LogP contribution in [0.4, 0.5) is 4.39 Å². The maximum atomic E-state index is 13.2. The molecule has 1 aromatic rings. The summed E-state index contributed by atoms with van der Waals surface area (Å²) in [4.78, 5) is 0. The summed E-state index contributed by atoms with van der Waals surface area (Å²) in [6, 6.07) is 4.43. The van der Waals surface area contributed by atoms with E-state index in [1.165, 1.54) is 12.1 Å². The minimum Gasteiger partial charge on any atom is -0.487 e. The summed E-state index contributed by atoms with van der Waals surface area (Å²) in [6.45, 7) is 8.11. The molecule has 1 heterocycles. The van der Waals surface area contributed by atoms with Gasteiger partial charge in [-0.2, -0.15) is 0 Å². The van der Waals surface area contributed by atoms with Gasteiger partial charge in [-0.1, -0.05) is 0 Å². The highest BCUT2D eigenvalue weighted by molar-refractivity contribution is 6.17. The first kappa shape index (κ1) is 14.6. The Morgan fingerprint density at radius 2 is 2.05 bits per heavy atom. The molecule has 1 unspecified atom stereocenters. The quantitative estimate of drug-likeness (QED) is 0.772. The van der Waals surface area contributed by atoms with E-state index in [-0.39, 0.29) is 29.0 Å². The summed E-state index contributed by atoms with van der Waals surface area (Å²) in [5.41, 5.74) is 0.0822. The van der Waals surface area contributed by atoms with Gasteiger partial charge in [0.05, 0.1) is 11.5 Å². The fourth-order valence-electron chi connectivity index (χ4n) is 2.62. The van der Waals surface area contributed by atoms with Crippen LogP contribution < -0.4 is 4.74 Å². The van der Waals surface area contributed by atoms with Crippen LogP contribution >= 0.6 is 11.6 Å². The van der Waals surface area contributed by atoms with Gasteiger partial charge in [-0.25, -0.2) is 4.39 Å². The van der Waals surface area contributed by atoms with E-state index < -0.39 is 0 Å². The van der Waals surface area contributed by atoms with Crippen molar-refractivity contribution in [3.63, 3.8) is 0 Å². The molecular weight excluding hydrogens is 267 g/mol. The highest BCUT2D eigenvalue weighted by atomic mass is 35.5. The standard InChI is InChI=1S/C15H20ClFO2/c1-14(2)8-13(15(3,4)19-14)18-12-6-5-11(17)7-10(12)9-16/h5-7,13H,8-9H2,1-4H3. The van der Waals surface area contributed by atoms with Crippen molar-refractivity contribution in [1.29, 1.82) is 0 Å². The molecule has 0 radical (unpaired) electrons. The molecule has 2 nitrogen and oxygen atoms in total. The number of benzene rings is 1. The van der Waals surface area contributed by atoms with Gasteiger partial charge >= 0.3 is 0 Å². The van der Waals surface area contributed by atoms with Gasteiger partial charge < -0.3 is 9.47 Å². The van der Waals surface area contributed by atoms with Crippen molar-refractivity contribution in [2.24, 2.45) is 0 Å². The number of alkyl halides is 1. The van der Waals surface area contributed by atoms with Crippen molar-refractivity contribution in [3.8, 4) is 5.75 Å². The molecule has 4 heteroatoms. The summed E-state index contributed by atoms with van der Waals surface area (Å²) >= 11 is 5.84. The SMILES string of the molecule is CC1(C)CC(Oc2ccc(F)cc2CCl)C(C)(C)O1. The molecule has 0 bridgehead atoms. The van der Waals surface area contributed by atoms with E-state index in [2.05, 4.69) is 0 Å². The van der Waals surface area contributed by atoms with E-state index in [0.717, 1.165) is 6.42 Å². The van der Waals surface area contributed by atoms with Gasteiger partial charge in [0.25, 0.3) is 0 Å². The fourth-order valence-corrected chi connectivity index (χ4v) is 2.82. The van der Waals surface area contributed by atoms with Crippen LogP contribution in [0.2, 0.25) is 0 Å². The summed E-state index contributed by atoms with van der Waals surface area (Å²) in [6.07, 6.45) is 0.717. The van der Waals surface area contributed by atoms with Crippen molar-refractivity contribution in [2.75, 3.05) is 0 Å². The summed E-state index contributed by atoms with van der Waals surface area (Å²) in [5, 5.41) is 0. The molecule has 0 spiro atoms. The lowest BCUT2D eigenvalue weighted by molar-refractivity contribution is -0.0846. The van der Waals surface area contributed by atoms with E-state index in [4.69, 9.17) is 21.1 Å². The topological polar surface area (TPSA) is 18.5 Å². The van der Waals surface area contributed by atoms with Crippen molar-refractivity contribution >= 4 is 11.6 Å². The molecule has 1 aromatic carbocycles. The van der Waals surface area contributed by atoms with Gasteiger partial charge in [0.1, 0.15) is 23.3 Å². The average molecular weight is 287 g/mol. The molecule has 1 aliphatic heterocycles. The van der Waals surface area contributed by atoms with Gasteiger partial charge in [-0.15, -0.1) is 11.6 Å². The lowest BCUT2D eigenvalue weighted by atomic mass is 9.97. The molecule has 1 saturated heterocycles. The monoisotopic (exact) mass is 286 g/mol. The van der Waals surface area contributed by atoms with Crippen molar-refractivity contribution in [1.82, 2.24) is 0 Å². The van der Waals surface area contributed by atoms with Crippen LogP contribution in [-0.4, -0.2) is 17.3 Å². The second-order valence-corrected chi connectivity index (χ2v) is 6.43. The Balaban J connectivity index is 2.22.